The minimum atomic E-state index is -0.347. The van der Waals surface area contributed by atoms with Gasteiger partial charge in [-0.2, -0.15) is 0 Å². The number of benzene rings is 1. The molecule has 23 heavy (non-hydrogen) atoms. The number of likely N-dealkylation sites (N-methyl/N-ethyl adjacent to an activating group) is 1. The van der Waals surface area contributed by atoms with E-state index in [1.807, 2.05) is 6.07 Å². The third kappa shape index (κ3) is 2.97. The van der Waals surface area contributed by atoms with Crippen LogP contribution in [0.2, 0.25) is 0 Å². The molecule has 1 fully saturated rings. The van der Waals surface area contributed by atoms with Crippen molar-refractivity contribution in [3.8, 4) is 5.75 Å². The molecule has 0 spiro atoms. The Kier molecular flexibility index (Phi) is 4.62. The van der Waals surface area contributed by atoms with Gasteiger partial charge in [0.05, 0.1) is 0 Å². The lowest BCUT2D eigenvalue weighted by atomic mass is 9.80. The molecule has 0 aromatic heterocycles. The number of unbranched alkanes of at least 4 members (excludes halogenated alkanes) is 1. The summed E-state index contributed by atoms with van der Waals surface area (Å²) in [4.78, 5) is 14.4. The molecule has 1 saturated heterocycles. The molecule has 1 aromatic carbocycles. The van der Waals surface area contributed by atoms with Crippen LogP contribution in [0.1, 0.15) is 51.2 Å². The van der Waals surface area contributed by atoms with E-state index in [0.29, 0.717) is 18.3 Å². The van der Waals surface area contributed by atoms with Crippen LogP contribution >= 0.6 is 0 Å². The second-order valence-corrected chi connectivity index (χ2v) is 7.00. The van der Waals surface area contributed by atoms with Gasteiger partial charge in [-0.15, -0.1) is 0 Å². The zero-order chi connectivity index (χ0) is 16.4. The monoisotopic (exact) mass is 316 g/mol. The maximum Gasteiger partial charge on any atom is 0.412 e. The number of fused-ring (bicyclic) bond motifs is 3. The van der Waals surface area contributed by atoms with Crippen LogP contribution in [0.25, 0.3) is 0 Å². The number of nitrogens with zero attached hydrogens (tertiary/aromatic N) is 1. The maximum absolute atomic E-state index is 11.9. The summed E-state index contributed by atoms with van der Waals surface area (Å²) in [6, 6.07) is 6.75. The first-order chi connectivity index (χ1) is 11.1. The van der Waals surface area contributed by atoms with E-state index in [1.165, 1.54) is 24.1 Å². The number of carbonyl (C=O) groups is 1. The normalized spacial score (nSPS) is 26.0. The molecule has 4 heteroatoms. The van der Waals surface area contributed by atoms with Crippen molar-refractivity contribution < 1.29 is 9.53 Å². The van der Waals surface area contributed by atoms with Crippen LogP contribution in [0.15, 0.2) is 18.2 Å². The van der Waals surface area contributed by atoms with E-state index in [2.05, 4.69) is 43.1 Å². The van der Waals surface area contributed by atoms with Crippen molar-refractivity contribution in [3.63, 3.8) is 0 Å². The van der Waals surface area contributed by atoms with Crippen molar-refractivity contribution >= 4 is 6.09 Å². The summed E-state index contributed by atoms with van der Waals surface area (Å²) in [7, 11) is 0. The molecule has 1 heterocycles. The SMILES string of the molecule is CCCCNC(=O)Oc1ccc2c(c1)[C@]1(C)CCN(CC)C1C2. The summed E-state index contributed by atoms with van der Waals surface area (Å²) in [6.07, 6.45) is 3.99. The molecule has 0 saturated carbocycles. The molecule has 0 radical (unpaired) electrons. The number of likely N-dealkylation sites (tertiary alicyclic amines) is 1. The molecular weight excluding hydrogens is 288 g/mol. The molecule has 1 aliphatic carbocycles. The average molecular weight is 316 g/mol. The minimum absolute atomic E-state index is 0.198. The van der Waals surface area contributed by atoms with Gasteiger partial charge in [0, 0.05) is 18.0 Å². The van der Waals surface area contributed by atoms with E-state index in [1.54, 1.807) is 0 Å². The van der Waals surface area contributed by atoms with Crippen LogP contribution < -0.4 is 10.1 Å². The Labute approximate surface area is 139 Å². The van der Waals surface area contributed by atoms with Crippen LogP contribution in [0.3, 0.4) is 0 Å². The van der Waals surface area contributed by atoms with E-state index >= 15 is 0 Å². The predicted molar refractivity (Wildman–Crippen MR) is 92.1 cm³/mol. The van der Waals surface area contributed by atoms with E-state index < -0.39 is 0 Å². The highest BCUT2D eigenvalue weighted by Gasteiger charge is 2.49. The summed E-state index contributed by atoms with van der Waals surface area (Å²) in [6.45, 7) is 9.66. The fraction of sp³-hybridized carbons (Fsp3) is 0.632. The van der Waals surface area contributed by atoms with Gasteiger partial charge in [0.25, 0.3) is 0 Å². The first-order valence-electron chi connectivity index (χ1n) is 8.91. The smallest absolute Gasteiger partial charge is 0.410 e. The summed E-state index contributed by atoms with van der Waals surface area (Å²) < 4.78 is 5.47. The van der Waals surface area contributed by atoms with Gasteiger partial charge in [-0.1, -0.05) is 33.3 Å². The first kappa shape index (κ1) is 16.3. The van der Waals surface area contributed by atoms with Crippen molar-refractivity contribution in [2.45, 2.75) is 57.9 Å². The minimum Gasteiger partial charge on any atom is -0.410 e. The Morgan fingerprint density at radius 2 is 2.26 bits per heavy atom. The largest absolute Gasteiger partial charge is 0.412 e. The molecule has 4 nitrogen and oxygen atoms in total. The number of hydrogen-bond acceptors (Lipinski definition) is 3. The number of hydrogen-bond donors (Lipinski definition) is 1. The summed E-state index contributed by atoms with van der Waals surface area (Å²) in [5.41, 5.74) is 2.98. The van der Waals surface area contributed by atoms with Crippen molar-refractivity contribution in [2.75, 3.05) is 19.6 Å². The van der Waals surface area contributed by atoms with Gasteiger partial charge in [0.2, 0.25) is 0 Å². The molecule has 126 valence electrons. The highest BCUT2D eigenvalue weighted by Crippen LogP contribution is 2.48. The number of rotatable bonds is 5. The Hall–Kier alpha value is -1.55. The quantitative estimate of drug-likeness (QED) is 0.846. The second-order valence-electron chi connectivity index (χ2n) is 7.00. The number of ether oxygens (including phenoxy) is 1. The second kappa shape index (κ2) is 6.52. The molecule has 1 N–H and O–H groups in total. The number of amides is 1. The van der Waals surface area contributed by atoms with Gasteiger partial charge in [-0.3, -0.25) is 4.90 Å². The Morgan fingerprint density at radius 1 is 1.43 bits per heavy atom. The zero-order valence-corrected chi connectivity index (χ0v) is 14.5. The maximum atomic E-state index is 11.9. The fourth-order valence-corrected chi connectivity index (χ4v) is 4.20. The van der Waals surface area contributed by atoms with Crippen LogP contribution in [-0.4, -0.2) is 36.7 Å². The molecular formula is C19H28N2O2. The molecule has 2 aliphatic rings. The van der Waals surface area contributed by atoms with Crippen molar-refractivity contribution in [3.05, 3.63) is 29.3 Å². The van der Waals surface area contributed by atoms with Gasteiger partial charge in [-0.25, -0.2) is 4.79 Å². The third-order valence-electron chi connectivity index (χ3n) is 5.62. The summed E-state index contributed by atoms with van der Waals surface area (Å²) >= 11 is 0. The Bertz CT molecular complexity index is 587. The lowest BCUT2D eigenvalue weighted by Gasteiger charge is -2.29. The van der Waals surface area contributed by atoms with Gasteiger partial charge in [0.15, 0.2) is 0 Å². The zero-order valence-electron chi connectivity index (χ0n) is 14.5. The molecule has 2 atom stereocenters. The van der Waals surface area contributed by atoms with Gasteiger partial charge in [-0.05, 0) is 55.6 Å². The van der Waals surface area contributed by atoms with Crippen LogP contribution in [0.4, 0.5) is 4.79 Å². The van der Waals surface area contributed by atoms with Gasteiger partial charge < -0.3 is 10.1 Å². The lowest BCUT2D eigenvalue weighted by molar-refractivity contribution is 0.200. The molecule has 1 aromatic rings. The third-order valence-corrected chi connectivity index (χ3v) is 5.62. The highest BCUT2D eigenvalue weighted by molar-refractivity contribution is 5.70. The van der Waals surface area contributed by atoms with Crippen molar-refractivity contribution in [1.29, 1.82) is 0 Å². The fourth-order valence-electron chi connectivity index (χ4n) is 4.20. The van der Waals surface area contributed by atoms with Crippen LogP contribution in [0, 0.1) is 0 Å². The van der Waals surface area contributed by atoms with E-state index in [-0.39, 0.29) is 11.5 Å². The van der Waals surface area contributed by atoms with Crippen molar-refractivity contribution in [2.24, 2.45) is 0 Å². The summed E-state index contributed by atoms with van der Waals surface area (Å²) in [5.74, 6) is 0.662. The number of carbonyl (C=O) groups excluding carboxylic acids is 1. The van der Waals surface area contributed by atoms with Crippen molar-refractivity contribution in [1.82, 2.24) is 10.2 Å². The van der Waals surface area contributed by atoms with Gasteiger partial charge in [0.1, 0.15) is 5.75 Å². The Balaban J connectivity index is 1.73. The van der Waals surface area contributed by atoms with Crippen LogP contribution in [-0.2, 0) is 11.8 Å². The molecule has 1 aliphatic heterocycles. The standard InChI is InChI=1S/C19H28N2O2/c1-4-6-10-20-18(22)23-15-8-7-14-12-17-19(3,16(14)13-15)9-11-21(17)5-2/h7-8,13,17H,4-6,9-12H2,1-3H3,(H,20,22)/t17?,19-/m0/s1. The highest BCUT2D eigenvalue weighted by atomic mass is 16.6. The van der Waals surface area contributed by atoms with E-state index in [4.69, 9.17) is 4.74 Å². The van der Waals surface area contributed by atoms with Crippen LogP contribution in [0.5, 0.6) is 5.75 Å². The predicted octanol–water partition coefficient (Wildman–Crippen LogP) is 3.48. The molecule has 1 amide bonds. The summed E-state index contributed by atoms with van der Waals surface area (Å²) in [5, 5.41) is 2.80. The van der Waals surface area contributed by atoms with E-state index in [9.17, 15) is 4.79 Å². The topological polar surface area (TPSA) is 41.6 Å². The number of nitrogens with one attached hydrogen (secondary N) is 1. The average Bonchev–Trinajstić information content (AvgIpc) is 3.00. The molecule has 0 bridgehead atoms. The molecule has 3 rings (SSSR count). The molecule has 1 unspecified atom stereocenters. The Morgan fingerprint density at radius 3 is 3.00 bits per heavy atom. The lowest BCUT2D eigenvalue weighted by Crippen LogP contribution is -2.37. The van der Waals surface area contributed by atoms with Gasteiger partial charge >= 0.3 is 6.09 Å². The van der Waals surface area contributed by atoms with E-state index in [0.717, 1.165) is 25.8 Å². The first-order valence-corrected chi connectivity index (χ1v) is 8.91.